The van der Waals surface area contributed by atoms with Crippen LogP contribution < -0.4 is 0 Å². The third-order valence-corrected chi connectivity index (χ3v) is 5.98. The topological polar surface area (TPSA) is 67.2 Å². The Labute approximate surface area is 170 Å². The number of nitrogens with zero attached hydrogens (tertiary/aromatic N) is 6. The number of pyridine rings is 1. The van der Waals surface area contributed by atoms with Gasteiger partial charge < -0.3 is 4.90 Å². The molecule has 29 heavy (non-hydrogen) atoms. The molecule has 4 heterocycles. The number of hydrogen-bond acceptors (Lipinski definition) is 5. The summed E-state index contributed by atoms with van der Waals surface area (Å²) in [4.78, 5) is 22.2. The van der Waals surface area contributed by atoms with Crippen LogP contribution in [0.4, 0.5) is 0 Å². The summed E-state index contributed by atoms with van der Waals surface area (Å²) in [5, 5.41) is 9.88. The molecule has 150 valence electrons. The third-order valence-electron chi connectivity index (χ3n) is 5.98. The van der Waals surface area contributed by atoms with E-state index in [2.05, 4.69) is 20.2 Å². The number of carbonyl (C=O) groups is 1. The molecule has 0 unspecified atom stereocenters. The van der Waals surface area contributed by atoms with Crippen LogP contribution >= 0.6 is 0 Å². The van der Waals surface area contributed by atoms with Crippen LogP contribution in [0.2, 0.25) is 0 Å². The lowest BCUT2D eigenvalue weighted by atomic mass is 10.1. The Morgan fingerprint density at radius 1 is 0.931 bits per heavy atom. The van der Waals surface area contributed by atoms with Crippen molar-refractivity contribution in [1.29, 1.82) is 0 Å². The first-order valence-electron chi connectivity index (χ1n) is 10.6. The highest BCUT2D eigenvalue weighted by atomic mass is 16.2. The molecule has 1 amide bonds. The normalized spacial score (nSPS) is 17.9. The Kier molecular flexibility index (Phi) is 4.97. The van der Waals surface area contributed by atoms with Gasteiger partial charge >= 0.3 is 0 Å². The van der Waals surface area contributed by atoms with Crippen molar-refractivity contribution in [3.8, 4) is 0 Å². The molecule has 5 rings (SSSR count). The van der Waals surface area contributed by atoms with Gasteiger partial charge in [0.1, 0.15) is 11.4 Å². The Morgan fingerprint density at radius 2 is 1.79 bits per heavy atom. The number of aromatic nitrogens is 4. The zero-order valence-electron chi connectivity index (χ0n) is 16.6. The van der Waals surface area contributed by atoms with E-state index in [1.54, 1.807) is 0 Å². The molecule has 0 radical (unpaired) electrons. The quantitative estimate of drug-likeness (QED) is 0.688. The van der Waals surface area contributed by atoms with Gasteiger partial charge in [0.25, 0.3) is 5.91 Å². The fourth-order valence-corrected chi connectivity index (χ4v) is 4.37. The molecule has 0 N–H and O–H groups in total. The molecule has 0 bridgehead atoms. The van der Waals surface area contributed by atoms with Crippen LogP contribution in [0.25, 0.3) is 10.9 Å². The standard InChI is InChI=1S/C22H26N6O/c29-22(19-10-9-17-7-2-3-8-18(17)23-19)27-13-6-14-28-21(16-27)20(24-25-28)15-26-11-4-1-5-12-26/h2-3,7-10H,1,4-6,11-16H2. The summed E-state index contributed by atoms with van der Waals surface area (Å²) in [5.74, 6) is -0.0191. The number of amides is 1. The number of rotatable bonds is 3. The molecule has 0 spiro atoms. The maximum Gasteiger partial charge on any atom is 0.272 e. The first kappa shape index (κ1) is 18.2. The minimum absolute atomic E-state index is 0.0191. The number of fused-ring (bicyclic) bond motifs is 2. The van der Waals surface area contributed by atoms with Crippen molar-refractivity contribution in [3.63, 3.8) is 0 Å². The van der Waals surface area contributed by atoms with Crippen LogP contribution in [-0.4, -0.2) is 55.3 Å². The van der Waals surface area contributed by atoms with Gasteiger partial charge in [0.15, 0.2) is 0 Å². The number of benzene rings is 1. The molecular formula is C22H26N6O. The van der Waals surface area contributed by atoms with Gasteiger partial charge in [-0.1, -0.05) is 35.9 Å². The summed E-state index contributed by atoms with van der Waals surface area (Å²) in [6.45, 7) is 5.12. The van der Waals surface area contributed by atoms with E-state index in [1.165, 1.54) is 19.3 Å². The molecule has 0 aliphatic carbocycles. The predicted molar refractivity (Wildman–Crippen MR) is 110 cm³/mol. The highest BCUT2D eigenvalue weighted by molar-refractivity contribution is 5.94. The first-order valence-corrected chi connectivity index (χ1v) is 10.6. The van der Waals surface area contributed by atoms with Gasteiger partial charge in [-0.2, -0.15) is 0 Å². The SMILES string of the molecule is O=C(c1ccc2ccccc2n1)N1CCCn2nnc(CN3CCCCC3)c2C1. The molecule has 7 heteroatoms. The van der Waals surface area contributed by atoms with Crippen LogP contribution in [0, 0.1) is 0 Å². The van der Waals surface area contributed by atoms with Gasteiger partial charge in [-0.3, -0.25) is 9.69 Å². The maximum atomic E-state index is 13.2. The average Bonchev–Trinajstić information content (AvgIpc) is 3.01. The second-order valence-corrected chi connectivity index (χ2v) is 8.01. The van der Waals surface area contributed by atoms with Crippen molar-refractivity contribution >= 4 is 16.8 Å². The molecule has 7 nitrogen and oxygen atoms in total. The fraction of sp³-hybridized carbons (Fsp3) is 0.455. The van der Waals surface area contributed by atoms with E-state index in [0.717, 1.165) is 54.9 Å². The number of carbonyl (C=O) groups excluding carboxylic acids is 1. The van der Waals surface area contributed by atoms with Crippen molar-refractivity contribution in [2.75, 3.05) is 19.6 Å². The number of likely N-dealkylation sites (tertiary alicyclic amines) is 1. The van der Waals surface area contributed by atoms with Gasteiger partial charge in [-0.25, -0.2) is 9.67 Å². The van der Waals surface area contributed by atoms with Crippen LogP contribution in [-0.2, 0) is 19.6 Å². The lowest BCUT2D eigenvalue weighted by Gasteiger charge is -2.26. The highest BCUT2D eigenvalue weighted by Gasteiger charge is 2.26. The molecule has 0 atom stereocenters. The minimum atomic E-state index is -0.0191. The maximum absolute atomic E-state index is 13.2. The van der Waals surface area contributed by atoms with Crippen LogP contribution in [0.15, 0.2) is 36.4 Å². The second kappa shape index (κ2) is 7.91. The summed E-state index contributed by atoms with van der Waals surface area (Å²) < 4.78 is 1.99. The first-order chi connectivity index (χ1) is 14.3. The smallest absolute Gasteiger partial charge is 0.272 e. The monoisotopic (exact) mass is 390 g/mol. The molecule has 1 saturated heterocycles. The molecule has 0 saturated carbocycles. The van der Waals surface area contributed by atoms with Gasteiger partial charge in [0, 0.05) is 25.0 Å². The second-order valence-electron chi connectivity index (χ2n) is 8.01. The van der Waals surface area contributed by atoms with Crippen molar-refractivity contribution < 1.29 is 4.79 Å². The zero-order chi connectivity index (χ0) is 19.6. The number of hydrogen-bond donors (Lipinski definition) is 0. The summed E-state index contributed by atoms with van der Waals surface area (Å²) in [7, 11) is 0. The molecule has 2 aliphatic heterocycles. The molecule has 1 aromatic carbocycles. The summed E-state index contributed by atoms with van der Waals surface area (Å²) in [6, 6.07) is 11.7. The van der Waals surface area contributed by atoms with Crippen molar-refractivity contribution in [2.45, 2.75) is 45.3 Å². The minimum Gasteiger partial charge on any atom is -0.331 e. The summed E-state index contributed by atoms with van der Waals surface area (Å²) in [6.07, 6.45) is 4.69. The van der Waals surface area contributed by atoms with Gasteiger partial charge in [-0.05, 0) is 44.5 Å². The average molecular weight is 390 g/mol. The lowest BCUT2D eigenvalue weighted by Crippen LogP contribution is -2.33. The van der Waals surface area contributed by atoms with Crippen LogP contribution in [0.3, 0.4) is 0 Å². The van der Waals surface area contributed by atoms with E-state index < -0.39 is 0 Å². The predicted octanol–water partition coefficient (Wildman–Crippen LogP) is 2.86. The highest BCUT2D eigenvalue weighted by Crippen LogP contribution is 2.20. The molecule has 2 aliphatic rings. The Bertz CT molecular complexity index is 1020. The molecule has 2 aromatic heterocycles. The number of para-hydroxylation sites is 1. The van der Waals surface area contributed by atoms with Gasteiger partial charge in [0.2, 0.25) is 0 Å². The van der Waals surface area contributed by atoms with E-state index >= 15 is 0 Å². The van der Waals surface area contributed by atoms with E-state index in [-0.39, 0.29) is 5.91 Å². The van der Waals surface area contributed by atoms with Crippen LogP contribution in [0.1, 0.15) is 47.6 Å². The van der Waals surface area contributed by atoms with Gasteiger partial charge in [0.05, 0.1) is 17.8 Å². The fourth-order valence-electron chi connectivity index (χ4n) is 4.37. The van der Waals surface area contributed by atoms with Crippen molar-refractivity contribution in [2.24, 2.45) is 0 Å². The van der Waals surface area contributed by atoms with E-state index in [1.807, 2.05) is 46.0 Å². The Hall–Kier alpha value is -2.80. The number of piperidine rings is 1. The third kappa shape index (κ3) is 3.74. The van der Waals surface area contributed by atoms with E-state index in [9.17, 15) is 4.79 Å². The summed E-state index contributed by atoms with van der Waals surface area (Å²) in [5.41, 5.74) is 3.44. The molecule has 3 aromatic rings. The van der Waals surface area contributed by atoms with Gasteiger partial charge in [-0.15, -0.1) is 5.10 Å². The summed E-state index contributed by atoms with van der Waals surface area (Å²) >= 11 is 0. The largest absolute Gasteiger partial charge is 0.331 e. The number of aryl methyl sites for hydroxylation is 1. The Balaban J connectivity index is 1.38. The zero-order valence-corrected chi connectivity index (χ0v) is 16.6. The molecule has 1 fully saturated rings. The molecular weight excluding hydrogens is 364 g/mol. The van der Waals surface area contributed by atoms with Crippen molar-refractivity contribution in [3.05, 3.63) is 53.5 Å². The Morgan fingerprint density at radius 3 is 2.69 bits per heavy atom. The lowest BCUT2D eigenvalue weighted by molar-refractivity contribution is 0.0739. The van der Waals surface area contributed by atoms with E-state index in [4.69, 9.17) is 0 Å². The van der Waals surface area contributed by atoms with E-state index in [0.29, 0.717) is 18.8 Å². The van der Waals surface area contributed by atoms with Crippen LogP contribution in [0.5, 0.6) is 0 Å². The van der Waals surface area contributed by atoms with Crippen molar-refractivity contribution in [1.82, 2.24) is 29.8 Å².